The number of rotatable bonds is 3. The number of hydrogen-bond donors (Lipinski definition) is 2. The van der Waals surface area contributed by atoms with Gasteiger partial charge in [-0.25, -0.2) is 9.97 Å². The number of aromatic nitrogens is 4. The van der Waals surface area contributed by atoms with E-state index >= 15 is 0 Å². The molecule has 0 saturated carbocycles. The maximum atomic E-state index is 11.6. The number of nitrogens with zero attached hydrogens (tertiary/aromatic N) is 3. The summed E-state index contributed by atoms with van der Waals surface area (Å²) in [5.41, 5.74) is 0.408. The van der Waals surface area contributed by atoms with Gasteiger partial charge in [0, 0.05) is 13.5 Å². The second-order valence-corrected chi connectivity index (χ2v) is 4.44. The lowest BCUT2D eigenvalue weighted by Crippen LogP contribution is -2.25. The van der Waals surface area contributed by atoms with Crippen molar-refractivity contribution >= 4 is 11.2 Å². The van der Waals surface area contributed by atoms with Crippen LogP contribution in [0.4, 0.5) is 0 Å². The summed E-state index contributed by atoms with van der Waals surface area (Å²) in [5, 5.41) is 9.89. The molecule has 1 saturated heterocycles. The van der Waals surface area contributed by atoms with E-state index in [1.165, 1.54) is 12.7 Å². The quantitative estimate of drug-likeness (QED) is 0.770. The third-order valence-electron chi connectivity index (χ3n) is 3.21. The summed E-state index contributed by atoms with van der Waals surface area (Å²) in [5.74, 6) is 0. The van der Waals surface area contributed by atoms with Crippen LogP contribution in [0.5, 0.6) is 0 Å². The molecule has 3 atom stereocenters. The SMILES string of the molecule is COCC1OC(n2cnc3c(=O)[nH]cnc32)CC1O. The Hall–Kier alpha value is -1.77. The first-order valence-electron chi connectivity index (χ1n) is 5.93. The van der Waals surface area contributed by atoms with Gasteiger partial charge in [-0.3, -0.25) is 9.36 Å². The third kappa shape index (κ3) is 2.03. The van der Waals surface area contributed by atoms with Gasteiger partial charge in [0.25, 0.3) is 5.56 Å². The van der Waals surface area contributed by atoms with Gasteiger partial charge in [0.15, 0.2) is 11.2 Å². The maximum Gasteiger partial charge on any atom is 0.278 e. The summed E-state index contributed by atoms with van der Waals surface area (Å²) in [7, 11) is 1.55. The van der Waals surface area contributed by atoms with Crippen molar-refractivity contribution in [1.29, 1.82) is 0 Å². The van der Waals surface area contributed by atoms with Crippen LogP contribution in [0.1, 0.15) is 12.6 Å². The molecule has 3 unspecified atom stereocenters. The number of imidazole rings is 1. The first-order chi connectivity index (χ1) is 9.20. The van der Waals surface area contributed by atoms with Crippen LogP contribution in [-0.2, 0) is 9.47 Å². The van der Waals surface area contributed by atoms with Crippen molar-refractivity contribution in [3.63, 3.8) is 0 Å². The van der Waals surface area contributed by atoms with E-state index in [0.29, 0.717) is 18.7 Å². The van der Waals surface area contributed by atoms with E-state index in [1.54, 1.807) is 11.7 Å². The van der Waals surface area contributed by atoms with Crippen LogP contribution in [0, 0.1) is 0 Å². The van der Waals surface area contributed by atoms with Crippen molar-refractivity contribution < 1.29 is 14.6 Å². The summed E-state index contributed by atoms with van der Waals surface area (Å²) in [6, 6.07) is 0. The highest BCUT2D eigenvalue weighted by Crippen LogP contribution is 2.30. The second kappa shape index (κ2) is 4.72. The summed E-state index contributed by atoms with van der Waals surface area (Å²) in [6.07, 6.45) is 1.85. The van der Waals surface area contributed by atoms with Gasteiger partial charge < -0.3 is 19.6 Å². The Labute approximate surface area is 108 Å². The molecule has 3 rings (SSSR count). The number of ether oxygens (including phenoxy) is 2. The van der Waals surface area contributed by atoms with E-state index in [0.717, 1.165) is 0 Å². The Bertz CT molecular complexity index is 637. The van der Waals surface area contributed by atoms with Crippen LogP contribution < -0.4 is 5.56 Å². The minimum absolute atomic E-state index is 0.260. The van der Waals surface area contributed by atoms with Gasteiger partial charge in [0.1, 0.15) is 12.3 Å². The van der Waals surface area contributed by atoms with Crippen molar-refractivity contribution in [2.75, 3.05) is 13.7 Å². The topological polar surface area (TPSA) is 102 Å². The molecule has 1 fully saturated rings. The van der Waals surface area contributed by atoms with E-state index in [9.17, 15) is 9.90 Å². The Balaban J connectivity index is 1.94. The molecular weight excluding hydrogens is 252 g/mol. The van der Waals surface area contributed by atoms with Gasteiger partial charge in [-0.2, -0.15) is 0 Å². The number of fused-ring (bicyclic) bond motifs is 1. The maximum absolute atomic E-state index is 11.6. The molecule has 0 aliphatic carbocycles. The molecule has 102 valence electrons. The molecule has 1 aliphatic heterocycles. The minimum atomic E-state index is -0.607. The highest BCUT2D eigenvalue weighted by Gasteiger charge is 2.35. The number of aliphatic hydroxyl groups is 1. The third-order valence-corrected chi connectivity index (χ3v) is 3.21. The molecule has 0 aromatic carbocycles. The Kier molecular flexibility index (Phi) is 3.05. The monoisotopic (exact) mass is 266 g/mol. The van der Waals surface area contributed by atoms with Crippen molar-refractivity contribution in [2.45, 2.75) is 24.9 Å². The number of methoxy groups -OCH3 is 1. The van der Waals surface area contributed by atoms with Crippen molar-refractivity contribution in [1.82, 2.24) is 19.5 Å². The van der Waals surface area contributed by atoms with Gasteiger partial charge in [0.05, 0.1) is 25.4 Å². The van der Waals surface area contributed by atoms with Gasteiger partial charge in [-0.15, -0.1) is 0 Å². The normalized spacial score (nSPS) is 27.2. The molecule has 8 nitrogen and oxygen atoms in total. The number of nitrogens with one attached hydrogen (secondary N) is 1. The van der Waals surface area contributed by atoms with Gasteiger partial charge in [-0.1, -0.05) is 0 Å². The molecule has 2 N–H and O–H groups in total. The molecule has 1 aliphatic rings. The lowest BCUT2D eigenvalue weighted by atomic mass is 10.2. The van der Waals surface area contributed by atoms with Crippen LogP contribution in [0.15, 0.2) is 17.4 Å². The van der Waals surface area contributed by atoms with E-state index < -0.39 is 12.3 Å². The molecule has 8 heteroatoms. The molecule has 19 heavy (non-hydrogen) atoms. The summed E-state index contributed by atoms with van der Waals surface area (Å²) in [6.45, 7) is 0.318. The predicted molar refractivity (Wildman–Crippen MR) is 64.6 cm³/mol. The largest absolute Gasteiger partial charge is 0.390 e. The van der Waals surface area contributed by atoms with Crippen LogP contribution in [0.25, 0.3) is 11.2 Å². The predicted octanol–water partition coefficient (Wildman–Crippen LogP) is -0.586. The first kappa shape index (κ1) is 12.3. The molecule has 0 spiro atoms. The number of aromatic amines is 1. The number of aliphatic hydroxyl groups excluding tert-OH is 1. The van der Waals surface area contributed by atoms with Crippen LogP contribution >= 0.6 is 0 Å². The van der Waals surface area contributed by atoms with Crippen LogP contribution in [-0.4, -0.2) is 50.6 Å². The molecule has 2 aromatic heterocycles. The van der Waals surface area contributed by atoms with E-state index in [-0.39, 0.29) is 17.2 Å². The summed E-state index contributed by atoms with van der Waals surface area (Å²) in [4.78, 5) is 22.1. The Morgan fingerprint density at radius 1 is 1.63 bits per heavy atom. The zero-order valence-corrected chi connectivity index (χ0v) is 10.3. The lowest BCUT2D eigenvalue weighted by Gasteiger charge is -2.14. The van der Waals surface area contributed by atoms with Gasteiger partial charge in [-0.05, 0) is 0 Å². The van der Waals surface area contributed by atoms with Gasteiger partial charge in [0.2, 0.25) is 0 Å². The number of H-pyrrole nitrogens is 1. The standard InChI is InChI=1S/C11H14N4O4/c1-18-3-7-6(16)2-8(19-7)15-5-14-9-10(15)12-4-13-11(9)17/h4-8,16H,2-3H2,1H3,(H,12,13,17). The molecule has 0 bridgehead atoms. The molecule has 0 radical (unpaired) electrons. The average Bonchev–Trinajstić information content (AvgIpc) is 2.95. The van der Waals surface area contributed by atoms with Gasteiger partial charge >= 0.3 is 0 Å². The van der Waals surface area contributed by atoms with Crippen molar-refractivity contribution in [3.8, 4) is 0 Å². The Morgan fingerprint density at radius 2 is 2.47 bits per heavy atom. The van der Waals surface area contributed by atoms with E-state index in [2.05, 4.69) is 15.0 Å². The number of hydrogen-bond acceptors (Lipinski definition) is 6. The molecule has 2 aromatic rings. The zero-order chi connectivity index (χ0) is 13.4. The average molecular weight is 266 g/mol. The highest BCUT2D eigenvalue weighted by molar-refractivity contribution is 5.68. The Morgan fingerprint density at radius 3 is 3.26 bits per heavy atom. The van der Waals surface area contributed by atoms with Crippen LogP contribution in [0.2, 0.25) is 0 Å². The van der Waals surface area contributed by atoms with E-state index in [1.807, 2.05) is 0 Å². The second-order valence-electron chi connectivity index (χ2n) is 4.44. The zero-order valence-electron chi connectivity index (χ0n) is 10.3. The molecule has 3 heterocycles. The molecule has 0 amide bonds. The van der Waals surface area contributed by atoms with Crippen molar-refractivity contribution in [2.24, 2.45) is 0 Å². The fraction of sp³-hybridized carbons (Fsp3) is 0.545. The van der Waals surface area contributed by atoms with Crippen LogP contribution in [0.3, 0.4) is 0 Å². The molecular formula is C11H14N4O4. The summed E-state index contributed by atoms with van der Waals surface area (Å²) < 4.78 is 12.3. The first-order valence-corrected chi connectivity index (χ1v) is 5.93. The smallest absolute Gasteiger partial charge is 0.278 e. The minimum Gasteiger partial charge on any atom is -0.390 e. The lowest BCUT2D eigenvalue weighted by molar-refractivity contribution is -0.0523. The fourth-order valence-electron chi connectivity index (χ4n) is 2.27. The summed E-state index contributed by atoms with van der Waals surface area (Å²) >= 11 is 0. The van der Waals surface area contributed by atoms with Crippen molar-refractivity contribution in [3.05, 3.63) is 23.0 Å². The fourth-order valence-corrected chi connectivity index (χ4v) is 2.27. The highest BCUT2D eigenvalue weighted by atomic mass is 16.6. The van der Waals surface area contributed by atoms with E-state index in [4.69, 9.17) is 9.47 Å².